The average Bonchev–Trinajstić information content (AvgIpc) is 2.64. The molecule has 4 nitrogen and oxygen atoms in total. The van der Waals surface area contributed by atoms with Crippen molar-refractivity contribution in [3.05, 3.63) is 29.9 Å². The summed E-state index contributed by atoms with van der Waals surface area (Å²) in [6, 6.07) is 0. The number of carbonyl (C=O) groups excluding carboxylic acids is 1. The van der Waals surface area contributed by atoms with Crippen LogP contribution in [-0.2, 0) is 24.2 Å². The molecule has 4 heteroatoms. The van der Waals surface area contributed by atoms with Crippen LogP contribution in [0, 0.1) is 6.92 Å². The normalized spacial score (nSPS) is 14.2. The van der Waals surface area contributed by atoms with Crippen molar-refractivity contribution in [3.8, 4) is 0 Å². The molecule has 2 rings (SSSR count). The number of hydrogen-bond acceptors (Lipinski definition) is 2. The second-order valence-corrected chi connectivity index (χ2v) is 4.44. The summed E-state index contributed by atoms with van der Waals surface area (Å²) in [6.45, 7) is 6.45. The summed E-state index contributed by atoms with van der Waals surface area (Å²) in [7, 11) is 0. The Balaban J connectivity index is 2.12. The van der Waals surface area contributed by atoms with Crippen molar-refractivity contribution in [1.82, 2.24) is 14.9 Å². The van der Waals surface area contributed by atoms with E-state index in [4.69, 9.17) is 0 Å². The Morgan fingerprint density at radius 3 is 3.06 bits per heavy atom. The molecule has 1 N–H and O–H groups in total. The van der Waals surface area contributed by atoms with Crippen molar-refractivity contribution in [2.45, 2.75) is 39.2 Å². The van der Waals surface area contributed by atoms with E-state index in [2.05, 4.69) is 16.9 Å². The van der Waals surface area contributed by atoms with Crippen LogP contribution in [-0.4, -0.2) is 22.0 Å². The fourth-order valence-corrected chi connectivity index (χ4v) is 2.33. The Morgan fingerprint density at radius 1 is 1.53 bits per heavy atom. The largest absolute Gasteiger partial charge is 0.351 e. The third-order valence-electron chi connectivity index (χ3n) is 3.17. The third kappa shape index (κ3) is 2.57. The molecule has 0 atom stereocenters. The number of nitrogens with zero attached hydrogens (tertiary/aromatic N) is 2. The lowest BCUT2D eigenvalue weighted by Crippen LogP contribution is -2.28. The number of fused-ring (bicyclic) bond motifs is 1. The average molecular weight is 233 g/mol. The second-order valence-electron chi connectivity index (χ2n) is 4.44. The van der Waals surface area contributed by atoms with Gasteiger partial charge in [0.2, 0.25) is 5.91 Å². The molecule has 1 aromatic rings. The SMILES string of the molecule is C=CCNC(=O)Cn1c(C)nc2c1CCCC2. The molecule has 0 aromatic carbocycles. The van der Waals surface area contributed by atoms with Gasteiger partial charge in [-0.2, -0.15) is 0 Å². The first-order valence-electron chi connectivity index (χ1n) is 6.15. The predicted octanol–water partition coefficient (Wildman–Crippen LogP) is 1.37. The Kier molecular flexibility index (Phi) is 3.61. The number of nitrogens with one attached hydrogen (secondary N) is 1. The highest BCUT2D eigenvalue weighted by Gasteiger charge is 2.19. The van der Waals surface area contributed by atoms with Crippen LogP contribution in [0.3, 0.4) is 0 Å². The summed E-state index contributed by atoms with van der Waals surface area (Å²) in [4.78, 5) is 16.2. The molecular weight excluding hydrogens is 214 g/mol. The summed E-state index contributed by atoms with van der Waals surface area (Å²) in [5.74, 6) is 0.976. The van der Waals surface area contributed by atoms with Gasteiger partial charge in [-0.3, -0.25) is 4.79 Å². The van der Waals surface area contributed by atoms with Gasteiger partial charge in [0, 0.05) is 12.2 Å². The van der Waals surface area contributed by atoms with Crippen LogP contribution in [0.4, 0.5) is 0 Å². The highest BCUT2D eigenvalue weighted by molar-refractivity contribution is 5.76. The zero-order valence-electron chi connectivity index (χ0n) is 10.3. The van der Waals surface area contributed by atoms with Crippen LogP contribution in [0.25, 0.3) is 0 Å². The Labute approximate surface area is 102 Å². The first kappa shape index (κ1) is 11.9. The maximum Gasteiger partial charge on any atom is 0.240 e. The summed E-state index contributed by atoms with van der Waals surface area (Å²) in [5.41, 5.74) is 2.44. The van der Waals surface area contributed by atoms with E-state index >= 15 is 0 Å². The molecule has 0 spiro atoms. The van der Waals surface area contributed by atoms with Crippen LogP contribution in [0.15, 0.2) is 12.7 Å². The fourth-order valence-electron chi connectivity index (χ4n) is 2.33. The van der Waals surface area contributed by atoms with Crippen LogP contribution in [0.2, 0.25) is 0 Å². The van der Waals surface area contributed by atoms with Crippen molar-refractivity contribution in [2.75, 3.05) is 6.54 Å². The van der Waals surface area contributed by atoms with E-state index in [0.29, 0.717) is 13.1 Å². The van der Waals surface area contributed by atoms with E-state index in [1.165, 1.54) is 24.2 Å². The molecule has 0 fully saturated rings. The zero-order valence-corrected chi connectivity index (χ0v) is 10.3. The number of amides is 1. The fraction of sp³-hybridized carbons (Fsp3) is 0.538. The molecule has 0 radical (unpaired) electrons. The first-order valence-corrected chi connectivity index (χ1v) is 6.15. The third-order valence-corrected chi connectivity index (χ3v) is 3.17. The van der Waals surface area contributed by atoms with E-state index in [-0.39, 0.29) is 5.91 Å². The lowest BCUT2D eigenvalue weighted by molar-refractivity contribution is -0.121. The topological polar surface area (TPSA) is 46.9 Å². The molecule has 0 unspecified atom stereocenters. The minimum Gasteiger partial charge on any atom is -0.351 e. The standard InChI is InChI=1S/C13H19N3O/c1-3-8-14-13(17)9-16-10(2)15-11-6-4-5-7-12(11)16/h3H,1,4-9H2,2H3,(H,14,17). The van der Waals surface area contributed by atoms with Gasteiger partial charge in [0.25, 0.3) is 0 Å². The smallest absolute Gasteiger partial charge is 0.240 e. The molecule has 0 aliphatic heterocycles. The van der Waals surface area contributed by atoms with Crippen molar-refractivity contribution in [2.24, 2.45) is 0 Å². The predicted molar refractivity (Wildman–Crippen MR) is 66.8 cm³/mol. The molecule has 1 aliphatic rings. The zero-order chi connectivity index (χ0) is 12.3. The van der Waals surface area contributed by atoms with Gasteiger partial charge in [-0.25, -0.2) is 4.98 Å². The summed E-state index contributed by atoms with van der Waals surface area (Å²) in [6.07, 6.45) is 6.20. The molecule has 0 saturated carbocycles. The molecule has 1 aromatic heterocycles. The van der Waals surface area contributed by atoms with Gasteiger partial charge in [0.15, 0.2) is 0 Å². The lowest BCUT2D eigenvalue weighted by atomic mass is 10.0. The number of hydrogen-bond donors (Lipinski definition) is 1. The molecular formula is C13H19N3O. The molecule has 92 valence electrons. The summed E-state index contributed by atoms with van der Waals surface area (Å²) >= 11 is 0. The minimum atomic E-state index is 0.0266. The van der Waals surface area contributed by atoms with Crippen LogP contribution >= 0.6 is 0 Å². The highest BCUT2D eigenvalue weighted by atomic mass is 16.1. The summed E-state index contributed by atoms with van der Waals surface area (Å²) < 4.78 is 2.05. The van der Waals surface area contributed by atoms with E-state index in [1.807, 2.05) is 11.5 Å². The Hall–Kier alpha value is -1.58. The summed E-state index contributed by atoms with van der Waals surface area (Å²) in [5, 5.41) is 2.80. The van der Waals surface area contributed by atoms with Gasteiger partial charge < -0.3 is 9.88 Å². The first-order chi connectivity index (χ1) is 8.22. The number of aryl methyl sites for hydroxylation is 2. The van der Waals surface area contributed by atoms with Gasteiger partial charge >= 0.3 is 0 Å². The van der Waals surface area contributed by atoms with Gasteiger partial charge in [-0.1, -0.05) is 6.08 Å². The monoisotopic (exact) mass is 233 g/mol. The van der Waals surface area contributed by atoms with Crippen LogP contribution < -0.4 is 5.32 Å². The molecule has 1 heterocycles. The van der Waals surface area contributed by atoms with Crippen molar-refractivity contribution in [1.29, 1.82) is 0 Å². The maximum atomic E-state index is 11.7. The minimum absolute atomic E-state index is 0.0266. The van der Waals surface area contributed by atoms with Crippen LogP contribution in [0.5, 0.6) is 0 Å². The van der Waals surface area contributed by atoms with E-state index in [9.17, 15) is 4.79 Å². The number of imidazole rings is 1. The lowest BCUT2D eigenvalue weighted by Gasteiger charge is -2.14. The molecule has 1 amide bonds. The number of carbonyl (C=O) groups is 1. The van der Waals surface area contributed by atoms with E-state index < -0.39 is 0 Å². The second kappa shape index (κ2) is 5.17. The van der Waals surface area contributed by atoms with Gasteiger partial charge in [-0.05, 0) is 32.6 Å². The quantitative estimate of drug-likeness (QED) is 0.798. The van der Waals surface area contributed by atoms with E-state index in [0.717, 1.165) is 18.7 Å². The van der Waals surface area contributed by atoms with Crippen LogP contribution in [0.1, 0.15) is 30.1 Å². The van der Waals surface area contributed by atoms with Crippen molar-refractivity contribution in [3.63, 3.8) is 0 Å². The molecule has 0 bridgehead atoms. The molecule has 1 aliphatic carbocycles. The number of aromatic nitrogens is 2. The molecule has 0 saturated heterocycles. The Bertz CT molecular complexity index is 434. The molecule has 17 heavy (non-hydrogen) atoms. The van der Waals surface area contributed by atoms with E-state index in [1.54, 1.807) is 6.08 Å². The highest BCUT2D eigenvalue weighted by Crippen LogP contribution is 2.21. The van der Waals surface area contributed by atoms with Crippen molar-refractivity contribution >= 4 is 5.91 Å². The number of rotatable bonds is 4. The van der Waals surface area contributed by atoms with Gasteiger partial charge in [-0.15, -0.1) is 6.58 Å². The maximum absolute atomic E-state index is 11.7. The Morgan fingerprint density at radius 2 is 2.29 bits per heavy atom. The van der Waals surface area contributed by atoms with Gasteiger partial charge in [0.05, 0.1) is 5.69 Å². The van der Waals surface area contributed by atoms with Crippen molar-refractivity contribution < 1.29 is 4.79 Å². The van der Waals surface area contributed by atoms with Gasteiger partial charge in [0.1, 0.15) is 12.4 Å².